The Bertz CT molecular complexity index is 695. The van der Waals surface area contributed by atoms with Gasteiger partial charge >= 0.3 is 0 Å². The van der Waals surface area contributed by atoms with Gasteiger partial charge in [-0.1, -0.05) is 24.9 Å². The standard InChI is InChI=1S/C14H10FN3OS/c1-8(2)13(19)10(7-17)14(20)18-12-5-3-4-11(15)9(12)6-16/h3-5,19H,1H2,2H3,(H,18,20). The van der Waals surface area contributed by atoms with Crippen molar-refractivity contribution in [3.05, 3.63) is 53.1 Å². The number of nitriles is 2. The van der Waals surface area contributed by atoms with E-state index in [1.54, 1.807) is 12.1 Å². The fraction of sp³-hybridized carbons (Fsp3) is 0.0714. The Morgan fingerprint density at radius 2 is 2.10 bits per heavy atom. The van der Waals surface area contributed by atoms with E-state index < -0.39 is 5.82 Å². The molecule has 0 fully saturated rings. The normalized spacial score (nSPS) is 10.8. The van der Waals surface area contributed by atoms with Gasteiger partial charge < -0.3 is 10.4 Å². The Balaban J connectivity index is 3.19. The van der Waals surface area contributed by atoms with Crippen molar-refractivity contribution in [2.75, 3.05) is 5.32 Å². The first-order valence-electron chi connectivity index (χ1n) is 5.41. The Labute approximate surface area is 121 Å². The molecule has 2 N–H and O–H groups in total. The average molecular weight is 287 g/mol. The summed E-state index contributed by atoms with van der Waals surface area (Å²) in [5.74, 6) is -1.05. The lowest BCUT2D eigenvalue weighted by atomic mass is 10.1. The highest BCUT2D eigenvalue weighted by Crippen LogP contribution is 2.20. The number of benzene rings is 1. The van der Waals surface area contributed by atoms with Crippen LogP contribution in [0.3, 0.4) is 0 Å². The zero-order valence-electron chi connectivity index (χ0n) is 10.6. The maximum Gasteiger partial charge on any atom is 0.143 e. The number of nitrogens with zero attached hydrogens (tertiary/aromatic N) is 2. The van der Waals surface area contributed by atoms with Gasteiger partial charge in [0.05, 0.1) is 5.69 Å². The number of hydrogen-bond acceptors (Lipinski definition) is 4. The topological polar surface area (TPSA) is 79.8 Å². The van der Waals surface area contributed by atoms with Gasteiger partial charge in [-0.15, -0.1) is 0 Å². The molecule has 0 spiro atoms. The number of aliphatic hydroxyl groups excluding tert-OH is 1. The lowest BCUT2D eigenvalue weighted by Gasteiger charge is -2.10. The van der Waals surface area contributed by atoms with E-state index in [2.05, 4.69) is 11.9 Å². The van der Waals surface area contributed by atoms with Crippen LogP contribution in [0.15, 0.2) is 41.7 Å². The molecule has 0 aliphatic heterocycles. The largest absolute Gasteiger partial charge is 0.506 e. The second-order valence-electron chi connectivity index (χ2n) is 3.84. The first-order chi connectivity index (χ1) is 9.42. The third-order valence-electron chi connectivity index (χ3n) is 2.35. The van der Waals surface area contributed by atoms with Crippen LogP contribution < -0.4 is 5.32 Å². The van der Waals surface area contributed by atoms with Gasteiger partial charge in [-0.05, 0) is 24.6 Å². The number of aliphatic hydroxyl groups is 1. The molecule has 20 heavy (non-hydrogen) atoms. The van der Waals surface area contributed by atoms with Gasteiger partial charge in [0.25, 0.3) is 0 Å². The summed E-state index contributed by atoms with van der Waals surface area (Å²) in [6.45, 7) is 5.01. The van der Waals surface area contributed by atoms with Crippen molar-refractivity contribution < 1.29 is 9.50 Å². The number of allylic oxidation sites excluding steroid dienone is 1. The van der Waals surface area contributed by atoms with Crippen LogP contribution in [0.5, 0.6) is 0 Å². The summed E-state index contributed by atoms with van der Waals surface area (Å²) in [6.07, 6.45) is 0. The maximum atomic E-state index is 13.4. The summed E-state index contributed by atoms with van der Waals surface area (Å²) in [6, 6.07) is 7.43. The maximum absolute atomic E-state index is 13.4. The smallest absolute Gasteiger partial charge is 0.143 e. The molecule has 1 aromatic carbocycles. The molecule has 0 heterocycles. The molecular weight excluding hydrogens is 277 g/mol. The lowest BCUT2D eigenvalue weighted by molar-refractivity contribution is 0.422. The third kappa shape index (κ3) is 3.19. The van der Waals surface area contributed by atoms with E-state index in [1.165, 1.54) is 19.1 Å². The van der Waals surface area contributed by atoms with Crippen LogP contribution in [-0.2, 0) is 0 Å². The fourth-order valence-electron chi connectivity index (χ4n) is 1.35. The Hall–Kier alpha value is -2.70. The van der Waals surface area contributed by atoms with Crippen molar-refractivity contribution in [1.82, 2.24) is 0 Å². The van der Waals surface area contributed by atoms with Crippen LogP contribution in [0.1, 0.15) is 12.5 Å². The van der Waals surface area contributed by atoms with Crippen LogP contribution >= 0.6 is 12.2 Å². The molecule has 0 unspecified atom stereocenters. The molecular formula is C14H10FN3OS. The van der Waals surface area contributed by atoms with E-state index in [4.69, 9.17) is 22.7 Å². The number of thiocarbonyl (C=S) groups is 1. The van der Waals surface area contributed by atoms with E-state index >= 15 is 0 Å². The highest BCUT2D eigenvalue weighted by Gasteiger charge is 2.15. The predicted molar refractivity (Wildman–Crippen MR) is 77.4 cm³/mol. The molecule has 0 aliphatic carbocycles. The summed E-state index contributed by atoms with van der Waals surface area (Å²) in [4.78, 5) is -0.116. The van der Waals surface area contributed by atoms with Crippen molar-refractivity contribution in [3.8, 4) is 12.1 Å². The summed E-state index contributed by atoms with van der Waals surface area (Å²) in [5, 5.41) is 30.2. The molecule has 0 bridgehead atoms. The predicted octanol–water partition coefficient (Wildman–Crippen LogP) is 3.35. The first-order valence-corrected chi connectivity index (χ1v) is 5.82. The van der Waals surface area contributed by atoms with E-state index in [0.29, 0.717) is 0 Å². The summed E-state index contributed by atoms with van der Waals surface area (Å²) < 4.78 is 13.4. The first kappa shape index (κ1) is 15.4. The zero-order valence-corrected chi connectivity index (χ0v) is 11.4. The number of hydrogen-bond donors (Lipinski definition) is 2. The second kappa shape index (κ2) is 6.46. The van der Waals surface area contributed by atoms with Gasteiger partial charge in [0, 0.05) is 0 Å². The average Bonchev–Trinajstić information content (AvgIpc) is 2.39. The molecule has 1 rings (SSSR count). The molecule has 0 saturated heterocycles. The monoisotopic (exact) mass is 287 g/mol. The molecule has 6 heteroatoms. The van der Waals surface area contributed by atoms with Crippen molar-refractivity contribution in [2.45, 2.75) is 6.92 Å². The molecule has 0 aromatic heterocycles. The molecule has 100 valence electrons. The molecule has 4 nitrogen and oxygen atoms in total. The van der Waals surface area contributed by atoms with Crippen LogP contribution in [0, 0.1) is 28.5 Å². The quantitative estimate of drug-likeness (QED) is 0.293. The molecule has 0 saturated carbocycles. The van der Waals surface area contributed by atoms with Crippen molar-refractivity contribution >= 4 is 22.9 Å². The lowest BCUT2D eigenvalue weighted by Crippen LogP contribution is -2.14. The number of anilines is 1. The van der Waals surface area contributed by atoms with Gasteiger partial charge in [0.2, 0.25) is 0 Å². The highest BCUT2D eigenvalue weighted by molar-refractivity contribution is 7.81. The molecule has 0 amide bonds. The van der Waals surface area contributed by atoms with Gasteiger partial charge in [-0.3, -0.25) is 0 Å². The minimum absolute atomic E-state index is 0.116. The van der Waals surface area contributed by atoms with Crippen LogP contribution in [0.2, 0.25) is 0 Å². The summed E-state index contributed by atoms with van der Waals surface area (Å²) >= 11 is 4.98. The van der Waals surface area contributed by atoms with Crippen molar-refractivity contribution in [2.24, 2.45) is 0 Å². The minimum Gasteiger partial charge on any atom is -0.506 e. The van der Waals surface area contributed by atoms with Crippen LogP contribution in [0.25, 0.3) is 0 Å². The molecule has 1 aromatic rings. The van der Waals surface area contributed by atoms with Crippen LogP contribution in [0.4, 0.5) is 10.1 Å². The number of nitrogens with one attached hydrogen (secondary N) is 1. The second-order valence-corrected chi connectivity index (χ2v) is 4.25. The Kier molecular flexibility index (Phi) is 4.96. The van der Waals surface area contributed by atoms with E-state index in [9.17, 15) is 9.50 Å². The Morgan fingerprint density at radius 3 is 2.60 bits per heavy atom. The van der Waals surface area contributed by atoms with E-state index in [0.717, 1.165) is 6.07 Å². The minimum atomic E-state index is -0.702. The Morgan fingerprint density at radius 1 is 1.45 bits per heavy atom. The SMILES string of the molecule is C=C(C)C(O)=C(C#N)C(=S)Nc1cccc(F)c1C#N. The van der Waals surface area contributed by atoms with Gasteiger partial charge in [-0.25, -0.2) is 4.39 Å². The van der Waals surface area contributed by atoms with Gasteiger partial charge in [0.15, 0.2) is 0 Å². The number of halogens is 1. The van der Waals surface area contributed by atoms with E-state index in [-0.39, 0.29) is 33.1 Å². The van der Waals surface area contributed by atoms with Gasteiger partial charge in [0.1, 0.15) is 39.8 Å². The highest BCUT2D eigenvalue weighted by atomic mass is 32.1. The van der Waals surface area contributed by atoms with Crippen molar-refractivity contribution in [3.63, 3.8) is 0 Å². The summed E-state index contributed by atoms with van der Waals surface area (Å²) in [5.41, 5.74) is -0.0205. The number of rotatable bonds is 3. The molecule has 0 aliphatic rings. The zero-order chi connectivity index (χ0) is 15.3. The molecule has 0 radical (unpaired) electrons. The van der Waals surface area contributed by atoms with Gasteiger partial charge in [-0.2, -0.15) is 10.5 Å². The van der Waals surface area contributed by atoms with E-state index in [1.807, 2.05) is 0 Å². The van der Waals surface area contributed by atoms with Crippen LogP contribution in [-0.4, -0.2) is 10.1 Å². The van der Waals surface area contributed by atoms with Crippen molar-refractivity contribution in [1.29, 1.82) is 10.5 Å². The third-order valence-corrected chi connectivity index (χ3v) is 2.66. The summed E-state index contributed by atoms with van der Waals surface area (Å²) in [7, 11) is 0. The molecule has 0 atom stereocenters. The fourth-order valence-corrected chi connectivity index (χ4v) is 1.60.